The first-order valence-electron chi connectivity index (χ1n) is 5.81. The fourth-order valence-corrected chi connectivity index (χ4v) is 1.69. The highest BCUT2D eigenvalue weighted by Gasteiger charge is 2.34. The van der Waals surface area contributed by atoms with Crippen LogP contribution in [-0.4, -0.2) is 0 Å². The number of anilines is 1. The summed E-state index contributed by atoms with van der Waals surface area (Å²) in [5, 5.41) is 0. The second-order valence-corrected chi connectivity index (χ2v) is 4.24. The Bertz CT molecular complexity index is 634. The fraction of sp³-hybridized carbons (Fsp3) is 0.143. The van der Waals surface area contributed by atoms with Gasteiger partial charge in [-0.25, -0.2) is 8.78 Å². The molecule has 2 N–H and O–H groups in total. The summed E-state index contributed by atoms with van der Waals surface area (Å²) in [5.74, 6) is -2.26. The second kappa shape index (κ2) is 5.59. The third-order valence-electron chi connectivity index (χ3n) is 2.78. The van der Waals surface area contributed by atoms with Gasteiger partial charge in [-0.05, 0) is 30.3 Å². The maximum atomic E-state index is 13.5. The van der Waals surface area contributed by atoms with E-state index < -0.39 is 23.4 Å². The van der Waals surface area contributed by atoms with Crippen molar-refractivity contribution in [3.8, 4) is 5.75 Å². The zero-order valence-electron chi connectivity index (χ0n) is 10.5. The Labute approximate surface area is 116 Å². The summed E-state index contributed by atoms with van der Waals surface area (Å²) in [6, 6.07) is 6.18. The molecule has 0 heterocycles. The van der Waals surface area contributed by atoms with Crippen molar-refractivity contribution in [2.75, 3.05) is 5.73 Å². The van der Waals surface area contributed by atoms with Crippen molar-refractivity contribution >= 4 is 5.69 Å². The first kappa shape index (κ1) is 15.1. The number of nitrogen functional groups attached to an aromatic ring is 1. The van der Waals surface area contributed by atoms with E-state index in [1.807, 2.05) is 0 Å². The first-order chi connectivity index (χ1) is 9.79. The number of hydrogen-bond acceptors (Lipinski definition) is 2. The molecule has 7 heteroatoms. The van der Waals surface area contributed by atoms with E-state index in [1.165, 1.54) is 12.1 Å². The Kier molecular flexibility index (Phi) is 4.02. The number of alkyl halides is 3. The molecule has 0 radical (unpaired) electrons. The highest BCUT2D eigenvalue weighted by Crippen LogP contribution is 2.33. The van der Waals surface area contributed by atoms with E-state index in [1.54, 1.807) is 0 Å². The van der Waals surface area contributed by atoms with Crippen LogP contribution in [0.3, 0.4) is 0 Å². The molecular formula is C14H10F5NO. The van der Waals surface area contributed by atoms with Crippen LogP contribution in [0.25, 0.3) is 0 Å². The zero-order chi connectivity index (χ0) is 15.6. The van der Waals surface area contributed by atoms with E-state index in [0.717, 1.165) is 12.1 Å². The van der Waals surface area contributed by atoms with Gasteiger partial charge < -0.3 is 10.5 Å². The number of benzene rings is 2. The molecule has 112 valence electrons. The van der Waals surface area contributed by atoms with Crippen LogP contribution >= 0.6 is 0 Å². The lowest BCUT2D eigenvalue weighted by atomic mass is 10.1. The monoisotopic (exact) mass is 303 g/mol. The van der Waals surface area contributed by atoms with E-state index >= 15 is 0 Å². The third-order valence-corrected chi connectivity index (χ3v) is 2.78. The van der Waals surface area contributed by atoms with E-state index in [4.69, 9.17) is 10.5 Å². The number of nitrogens with two attached hydrogens (primary N) is 1. The zero-order valence-corrected chi connectivity index (χ0v) is 10.5. The Balaban J connectivity index is 2.22. The molecule has 0 aliphatic heterocycles. The molecule has 0 amide bonds. The van der Waals surface area contributed by atoms with Gasteiger partial charge in [0.15, 0.2) is 0 Å². The van der Waals surface area contributed by atoms with Gasteiger partial charge in [0.1, 0.15) is 24.0 Å². The van der Waals surface area contributed by atoms with Crippen LogP contribution in [0.15, 0.2) is 36.4 Å². The summed E-state index contributed by atoms with van der Waals surface area (Å²) in [6.07, 6.45) is -4.83. The van der Waals surface area contributed by atoms with Crippen molar-refractivity contribution in [1.29, 1.82) is 0 Å². The Morgan fingerprint density at radius 2 is 1.71 bits per heavy atom. The third kappa shape index (κ3) is 3.42. The minimum absolute atomic E-state index is 0.0235. The van der Waals surface area contributed by atoms with Gasteiger partial charge in [-0.15, -0.1) is 0 Å². The van der Waals surface area contributed by atoms with Gasteiger partial charge in [0.05, 0.1) is 5.56 Å². The van der Waals surface area contributed by atoms with Crippen LogP contribution in [0.1, 0.15) is 11.1 Å². The van der Waals surface area contributed by atoms with Crippen molar-refractivity contribution < 1.29 is 26.7 Å². The molecule has 0 unspecified atom stereocenters. The minimum Gasteiger partial charge on any atom is -0.489 e. The summed E-state index contributed by atoms with van der Waals surface area (Å²) >= 11 is 0. The Morgan fingerprint density at radius 1 is 1.00 bits per heavy atom. The molecule has 0 bridgehead atoms. The van der Waals surface area contributed by atoms with Gasteiger partial charge in [-0.3, -0.25) is 0 Å². The molecular weight excluding hydrogens is 293 g/mol. The smallest absolute Gasteiger partial charge is 0.419 e. The molecule has 2 nitrogen and oxygen atoms in total. The maximum absolute atomic E-state index is 13.5. The molecule has 2 aromatic rings. The maximum Gasteiger partial charge on any atom is 0.419 e. The standard InChI is InChI=1S/C14H10F5NO/c15-11-2-1-3-13(20)9(11)7-21-8-4-5-12(16)10(6-8)14(17,18)19/h1-6H,7,20H2. The number of ether oxygens (including phenoxy) is 1. The lowest BCUT2D eigenvalue weighted by Crippen LogP contribution is -2.09. The van der Waals surface area contributed by atoms with E-state index in [-0.39, 0.29) is 23.6 Å². The first-order valence-corrected chi connectivity index (χ1v) is 5.81. The van der Waals surface area contributed by atoms with E-state index in [0.29, 0.717) is 12.1 Å². The fourth-order valence-electron chi connectivity index (χ4n) is 1.69. The van der Waals surface area contributed by atoms with Crippen molar-refractivity contribution in [3.05, 3.63) is 59.2 Å². The molecule has 0 atom stereocenters. The Hall–Kier alpha value is -2.31. The number of hydrogen-bond donors (Lipinski definition) is 1. The molecule has 21 heavy (non-hydrogen) atoms. The van der Waals surface area contributed by atoms with Gasteiger partial charge in [0.2, 0.25) is 0 Å². The molecule has 0 aromatic heterocycles. The normalized spacial score (nSPS) is 11.5. The summed E-state index contributed by atoms with van der Waals surface area (Å²) in [4.78, 5) is 0. The van der Waals surface area contributed by atoms with Crippen LogP contribution in [-0.2, 0) is 12.8 Å². The van der Waals surface area contributed by atoms with Crippen molar-refractivity contribution in [1.82, 2.24) is 0 Å². The number of rotatable bonds is 3. The topological polar surface area (TPSA) is 35.2 Å². The summed E-state index contributed by atoms with van der Waals surface area (Å²) in [5.41, 5.74) is 4.25. The van der Waals surface area contributed by atoms with E-state index in [9.17, 15) is 22.0 Å². The van der Waals surface area contributed by atoms with Gasteiger partial charge >= 0.3 is 6.18 Å². The lowest BCUT2D eigenvalue weighted by Gasteiger charge is -2.12. The molecule has 0 saturated heterocycles. The molecule has 0 saturated carbocycles. The molecule has 2 rings (SSSR count). The van der Waals surface area contributed by atoms with Crippen molar-refractivity contribution in [3.63, 3.8) is 0 Å². The molecule has 0 aliphatic carbocycles. The predicted octanol–water partition coefficient (Wildman–Crippen LogP) is 4.14. The largest absolute Gasteiger partial charge is 0.489 e. The van der Waals surface area contributed by atoms with Gasteiger partial charge in [-0.1, -0.05) is 6.07 Å². The van der Waals surface area contributed by atoms with Crippen molar-refractivity contribution in [2.45, 2.75) is 12.8 Å². The van der Waals surface area contributed by atoms with Crippen LogP contribution < -0.4 is 10.5 Å². The van der Waals surface area contributed by atoms with Gasteiger partial charge in [0, 0.05) is 11.3 Å². The number of halogens is 5. The summed E-state index contributed by atoms with van der Waals surface area (Å²) in [6.45, 7) is -0.360. The molecule has 2 aromatic carbocycles. The molecule has 0 spiro atoms. The van der Waals surface area contributed by atoms with Crippen molar-refractivity contribution in [2.24, 2.45) is 0 Å². The van der Waals surface area contributed by atoms with Crippen LogP contribution in [0.2, 0.25) is 0 Å². The Morgan fingerprint density at radius 3 is 2.33 bits per heavy atom. The molecule has 0 fully saturated rings. The predicted molar refractivity (Wildman–Crippen MR) is 66.5 cm³/mol. The lowest BCUT2D eigenvalue weighted by molar-refractivity contribution is -0.140. The summed E-state index contributed by atoms with van der Waals surface area (Å²) in [7, 11) is 0. The second-order valence-electron chi connectivity index (χ2n) is 4.24. The average Bonchev–Trinajstić information content (AvgIpc) is 2.38. The highest BCUT2D eigenvalue weighted by atomic mass is 19.4. The van der Waals surface area contributed by atoms with Crippen LogP contribution in [0.4, 0.5) is 27.6 Å². The van der Waals surface area contributed by atoms with Gasteiger partial charge in [0.25, 0.3) is 0 Å². The van der Waals surface area contributed by atoms with Gasteiger partial charge in [-0.2, -0.15) is 13.2 Å². The SMILES string of the molecule is Nc1cccc(F)c1COc1ccc(F)c(C(F)(F)F)c1. The minimum atomic E-state index is -4.83. The summed E-state index contributed by atoms with van der Waals surface area (Å²) < 4.78 is 69.3. The molecule has 0 aliphatic rings. The van der Waals surface area contributed by atoms with E-state index in [2.05, 4.69) is 0 Å². The van der Waals surface area contributed by atoms with Crippen LogP contribution in [0, 0.1) is 11.6 Å². The average molecular weight is 303 g/mol. The highest BCUT2D eigenvalue weighted by molar-refractivity contribution is 5.47. The van der Waals surface area contributed by atoms with Crippen LogP contribution in [0.5, 0.6) is 5.75 Å². The quantitative estimate of drug-likeness (QED) is 0.683.